The number of ether oxygens (including phenoxy) is 1. The lowest BCUT2D eigenvalue weighted by atomic mass is 10.1. The Kier molecular flexibility index (Phi) is 6.93. The van der Waals surface area contributed by atoms with Crippen LogP contribution in [0.1, 0.15) is 11.7 Å². The highest BCUT2D eigenvalue weighted by Gasteiger charge is 2.20. The largest absolute Gasteiger partial charge is 0.484 e. The van der Waals surface area contributed by atoms with Crippen LogP contribution in [-0.2, 0) is 6.54 Å². The van der Waals surface area contributed by atoms with Crippen LogP contribution in [0, 0.1) is 0 Å². The molecule has 0 aliphatic carbocycles. The molecule has 1 aliphatic rings. The molecule has 2 heterocycles. The number of hydrogen-bond acceptors (Lipinski definition) is 4. The third kappa shape index (κ3) is 5.32. The van der Waals surface area contributed by atoms with Gasteiger partial charge in [-0.05, 0) is 48.5 Å². The van der Waals surface area contributed by atoms with E-state index in [0.29, 0.717) is 16.6 Å². The van der Waals surface area contributed by atoms with Crippen LogP contribution in [0.5, 0.6) is 5.75 Å². The Morgan fingerprint density at radius 3 is 2.12 bits per heavy atom. The molecule has 0 bridgehead atoms. The van der Waals surface area contributed by atoms with Crippen LogP contribution in [0.2, 0.25) is 10.0 Å². The zero-order valence-electron chi connectivity index (χ0n) is 18.7. The van der Waals surface area contributed by atoms with Crippen molar-refractivity contribution >= 4 is 34.6 Å². The Morgan fingerprint density at radius 2 is 1.50 bits per heavy atom. The molecule has 0 spiro atoms. The molecule has 1 saturated heterocycles. The van der Waals surface area contributed by atoms with Gasteiger partial charge in [0.2, 0.25) is 0 Å². The average molecular weight is 493 g/mol. The zero-order chi connectivity index (χ0) is 23.3. The van der Waals surface area contributed by atoms with Crippen molar-refractivity contribution in [3.8, 4) is 5.75 Å². The van der Waals surface area contributed by atoms with E-state index in [0.717, 1.165) is 37.5 Å². The van der Waals surface area contributed by atoms with Gasteiger partial charge < -0.3 is 19.1 Å². The number of halogens is 2. The van der Waals surface area contributed by atoms with Crippen molar-refractivity contribution in [3.05, 3.63) is 107 Å². The maximum absolute atomic E-state index is 6.51. The smallest absolute Gasteiger partial charge is 0.143 e. The number of rotatable bonds is 7. The van der Waals surface area contributed by atoms with Crippen molar-refractivity contribution in [2.75, 3.05) is 36.0 Å². The van der Waals surface area contributed by atoms with Gasteiger partial charge >= 0.3 is 0 Å². The first-order valence-corrected chi connectivity index (χ1v) is 12.1. The van der Waals surface area contributed by atoms with Crippen molar-refractivity contribution in [1.29, 1.82) is 0 Å². The number of hydrogen-bond donors (Lipinski definition) is 0. The van der Waals surface area contributed by atoms with E-state index in [1.165, 1.54) is 11.4 Å². The SMILES string of the molecule is Clc1ccc(C(Cn2ccnc2)Oc2ccc(N3CCN(c4ccccc4)CC3)cc2)c(Cl)c1. The van der Waals surface area contributed by atoms with Gasteiger partial charge in [-0.1, -0.05) is 47.5 Å². The lowest BCUT2D eigenvalue weighted by molar-refractivity contribution is 0.183. The van der Waals surface area contributed by atoms with Crippen LogP contribution >= 0.6 is 23.2 Å². The Hall–Kier alpha value is -3.15. The number of aromatic nitrogens is 2. The Labute approximate surface area is 210 Å². The van der Waals surface area contributed by atoms with E-state index in [2.05, 4.69) is 57.2 Å². The molecule has 0 radical (unpaired) electrons. The summed E-state index contributed by atoms with van der Waals surface area (Å²) in [6.07, 6.45) is 5.17. The molecule has 34 heavy (non-hydrogen) atoms. The average Bonchev–Trinajstić information content (AvgIpc) is 3.38. The molecule has 1 aliphatic heterocycles. The van der Waals surface area contributed by atoms with Crippen molar-refractivity contribution < 1.29 is 4.74 Å². The Balaban J connectivity index is 1.27. The van der Waals surface area contributed by atoms with Crippen molar-refractivity contribution in [1.82, 2.24) is 9.55 Å². The van der Waals surface area contributed by atoms with E-state index >= 15 is 0 Å². The molecule has 0 amide bonds. The summed E-state index contributed by atoms with van der Waals surface area (Å²) in [5.74, 6) is 0.794. The predicted octanol–water partition coefficient (Wildman–Crippen LogP) is 6.34. The fraction of sp³-hybridized carbons (Fsp3) is 0.222. The van der Waals surface area contributed by atoms with Gasteiger partial charge in [-0.25, -0.2) is 4.98 Å². The number of piperazine rings is 1. The first kappa shape index (κ1) is 22.6. The number of benzene rings is 3. The van der Waals surface area contributed by atoms with Crippen molar-refractivity contribution in [2.45, 2.75) is 12.6 Å². The molecule has 5 rings (SSSR count). The highest BCUT2D eigenvalue weighted by molar-refractivity contribution is 6.35. The second kappa shape index (κ2) is 10.4. The third-order valence-electron chi connectivity index (χ3n) is 6.13. The van der Waals surface area contributed by atoms with Gasteiger partial charge in [0.25, 0.3) is 0 Å². The topological polar surface area (TPSA) is 33.5 Å². The molecular formula is C27H26Cl2N4O. The van der Waals surface area contributed by atoms with Crippen LogP contribution in [-0.4, -0.2) is 35.7 Å². The summed E-state index contributed by atoms with van der Waals surface area (Å²) in [7, 11) is 0. The minimum Gasteiger partial charge on any atom is -0.484 e. The van der Waals surface area contributed by atoms with E-state index in [4.69, 9.17) is 27.9 Å². The molecule has 7 heteroatoms. The van der Waals surface area contributed by atoms with Gasteiger partial charge in [-0.3, -0.25) is 0 Å². The fourth-order valence-corrected chi connectivity index (χ4v) is 4.84. The third-order valence-corrected chi connectivity index (χ3v) is 6.69. The summed E-state index contributed by atoms with van der Waals surface area (Å²) >= 11 is 12.6. The van der Waals surface area contributed by atoms with Crippen LogP contribution in [0.25, 0.3) is 0 Å². The standard InChI is InChI=1S/C27H26Cl2N4O/c28-21-6-11-25(26(29)18-21)27(19-31-13-12-30-20-31)34-24-9-7-23(8-10-24)33-16-14-32(15-17-33)22-4-2-1-3-5-22/h1-13,18,20,27H,14-17,19H2. The quantitative estimate of drug-likeness (QED) is 0.301. The minimum atomic E-state index is -0.278. The summed E-state index contributed by atoms with van der Waals surface area (Å²) < 4.78 is 8.39. The normalized spacial score (nSPS) is 14.8. The maximum atomic E-state index is 6.51. The molecular weight excluding hydrogens is 467 g/mol. The first-order valence-electron chi connectivity index (χ1n) is 11.4. The molecule has 1 aromatic heterocycles. The van der Waals surface area contributed by atoms with Gasteiger partial charge in [0, 0.05) is 65.6 Å². The molecule has 1 fully saturated rings. The molecule has 0 saturated carbocycles. The minimum absolute atomic E-state index is 0.278. The highest BCUT2D eigenvalue weighted by Crippen LogP contribution is 2.32. The van der Waals surface area contributed by atoms with E-state index in [1.54, 1.807) is 18.6 Å². The summed E-state index contributed by atoms with van der Waals surface area (Å²) in [5, 5.41) is 1.19. The van der Waals surface area contributed by atoms with Crippen LogP contribution < -0.4 is 14.5 Å². The molecule has 1 unspecified atom stereocenters. The first-order chi connectivity index (χ1) is 16.7. The lowest BCUT2D eigenvalue weighted by Gasteiger charge is -2.37. The van der Waals surface area contributed by atoms with E-state index in [-0.39, 0.29) is 6.10 Å². The summed E-state index contributed by atoms with van der Waals surface area (Å²) in [4.78, 5) is 9.00. The van der Waals surface area contributed by atoms with E-state index < -0.39 is 0 Å². The second-order valence-electron chi connectivity index (χ2n) is 8.34. The Morgan fingerprint density at radius 1 is 0.824 bits per heavy atom. The molecule has 4 aromatic rings. The number of anilines is 2. The number of para-hydroxylation sites is 1. The second-order valence-corrected chi connectivity index (χ2v) is 9.18. The van der Waals surface area contributed by atoms with Gasteiger partial charge in [-0.2, -0.15) is 0 Å². The molecule has 3 aromatic carbocycles. The van der Waals surface area contributed by atoms with Crippen molar-refractivity contribution in [3.63, 3.8) is 0 Å². The monoisotopic (exact) mass is 492 g/mol. The molecule has 0 N–H and O–H groups in total. The van der Waals surface area contributed by atoms with E-state index in [9.17, 15) is 0 Å². The highest BCUT2D eigenvalue weighted by atomic mass is 35.5. The van der Waals surface area contributed by atoms with Gasteiger partial charge in [0.1, 0.15) is 11.9 Å². The molecule has 1 atom stereocenters. The summed E-state index contributed by atoms with van der Waals surface area (Å²) in [5.41, 5.74) is 3.38. The lowest BCUT2D eigenvalue weighted by Crippen LogP contribution is -2.46. The number of nitrogens with zero attached hydrogens (tertiary/aromatic N) is 4. The maximum Gasteiger partial charge on any atom is 0.143 e. The summed E-state index contributed by atoms with van der Waals surface area (Å²) in [6, 6.07) is 24.4. The zero-order valence-corrected chi connectivity index (χ0v) is 20.2. The van der Waals surface area contributed by atoms with Gasteiger partial charge in [0.15, 0.2) is 0 Å². The van der Waals surface area contributed by atoms with Gasteiger partial charge in [0.05, 0.1) is 12.9 Å². The number of imidazole rings is 1. The van der Waals surface area contributed by atoms with Crippen molar-refractivity contribution in [2.24, 2.45) is 0 Å². The summed E-state index contributed by atoms with van der Waals surface area (Å²) in [6.45, 7) is 4.57. The van der Waals surface area contributed by atoms with Crippen LogP contribution in [0.3, 0.4) is 0 Å². The fourth-order valence-electron chi connectivity index (χ4n) is 4.31. The Bertz CT molecular complexity index is 1190. The molecule has 5 nitrogen and oxygen atoms in total. The molecule has 174 valence electrons. The van der Waals surface area contributed by atoms with Crippen LogP contribution in [0.15, 0.2) is 91.5 Å². The predicted molar refractivity (Wildman–Crippen MR) is 139 cm³/mol. The van der Waals surface area contributed by atoms with Gasteiger partial charge in [-0.15, -0.1) is 0 Å². The van der Waals surface area contributed by atoms with Crippen LogP contribution in [0.4, 0.5) is 11.4 Å². The van der Waals surface area contributed by atoms with E-state index in [1.807, 2.05) is 35.0 Å².